The van der Waals surface area contributed by atoms with Crippen LogP contribution >= 0.6 is 0 Å². The van der Waals surface area contributed by atoms with E-state index in [-0.39, 0.29) is 33.2 Å². The molecule has 3 heterocycles. The quantitative estimate of drug-likeness (QED) is 0.0820. The van der Waals surface area contributed by atoms with Gasteiger partial charge in [-0.25, -0.2) is 0 Å². The zero-order valence-electron chi connectivity index (χ0n) is 26.6. The van der Waals surface area contributed by atoms with Crippen molar-refractivity contribution in [2.24, 2.45) is 0 Å². The van der Waals surface area contributed by atoms with E-state index in [0.717, 1.165) is 21.5 Å². The van der Waals surface area contributed by atoms with Gasteiger partial charge in [0.15, 0.2) is 34.5 Å². The molecular formula is C42H27N3O6. The molecule has 0 saturated heterocycles. The Bertz CT molecular complexity index is 2800. The topological polar surface area (TPSA) is 136 Å². The van der Waals surface area contributed by atoms with Crippen molar-refractivity contribution >= 4 is 65.4 Å². The van der Waals surface area contributed by atoms with Crippen LogP contribution in [-0.2, 0) is 0 Å². The Morgan fingerprint density at radius 1 is 0.294 bits per heavy atom. The number of aromatic nitrogens is 3. The Morgan fingerprint density at radius 2 is 0.608 bits per heavy atom. The number of phenols is 6. The van der Waals surface area contributed by atoms with Gasteiger partial charge in [-0.1, -0.05) is 91.0 Å². The molecule has 0 aliphatic carbocycles. The summed E-state index contributed by atoms with van der Waals surface area (Å²) in [5.74, 6) is -3.34. The molecule has 10 rings (SSSR count). The average molecular weight is 670 g/mol. The lowest BCUT2D eigenvalue weighted by molar-refractivity contribution is 0.398. The van der Waals surface area contributed by atoms with E-state index in [1.807, 2.05) is 97.1 Å². The van der Waals surface area contributed by atoms with Crippen LogP contribution in [0.4, 0.5) is 0 Å². The van der Waals surface area contributed by atoms with Crippen LogP contribution in [0.5, 0.6) is 34.5 Å². The zero-order chi connectivity index (χ0) is 34.7. The van der Waals surface area contributed by atoms with Crippen molar-refractivity contribution in [3.8, 4) is 51.6 Å². The van der Waals surface area contributed by atoms with E-state index < -0.39 is 34.5 Å². The highest BCUT2D eigenvalue weighted by Gasteiger charge is 2.34. The van der Waals surface area contributed by atoms with Crippen molar-refractivity contribution in [2.75, 3.05) is 0 Å². The van der Waals surface area contributed by atoms with Gasteiger partial charge in [0.25, 0.3) is 0 Å². The second-order valence-corrected chi connectivity index (χ2v) is 12.6. The summed E-state index contributed by atoms with van der Waals surface area (Å²) in [5.41, 5.74) is 2.66. The number of aromatic hydroxyl groups is 6. The van der Waals surface area contributed by atoms with E-state index in [2.05, 4.69) is 0 Å². The fourth-order valence-corrected chi connectivity index (χ4v) is 7.98. The predicted molar refractivity (Wildman–Crippen MR) is 199 cm³/mol. The summed E-state index contributed by atoms with van der Waals surface area (Å²) in [7, 11) is 0. The molecule has 7 aromatic carbocycles. The van der Waals surface area contributed by atoms with Crippen molar-refractivity contribution in [2.45, 2.75) is 0 Å². The Kier molecular flexibility index (Phi) is 5.71. The maximum atomic E-state index is 12.5. The summed E-state index contributed by atoms with van der Waals surface area (Å²) in [4.78, 5) is 0. The standard InChI is InChI=1S/C42H27N3O6/c46-37-31-32-34(40(49)42(51)36(38(32)47)45-29-20-10-6-16-25(29)26-17-7-11-21-30(26)45)43(22-12-2-1-3-13-22)33(31)39(48)41(50)35(37)44-27-18-8-4-14-23(27)24-15-5-9-19-28(24)44/h1-21,46-51H. The molecule has 0 spiro atoms. The average Bonchev–Trinajstić information content (AvgIpc) is 3.81. The van der Waals surface area contributed by atoms with Crippen LogP contribution in [0.25, 0.3) is 82.5 Å². The van der Waals surface area contributed by atoms with Gasteiger partial charge in [-0.05, 0) is 36.4 Å². The van der Waals surface area contributed by atoms with Crippen molar-refractivity contribution in [3.05, 3.63) is 127 Å². The second kappa shape index (κ2) is 10.1. The SMILES string of the molecule is Oc1c(-n2c3ccccc3c3ccccc32)c(O)c2c3c(O)c(-n4c5ccccc5c5ccccc54)c(O)c(O)c3n(-c3ccccc3)c2c1O. The molecule has 0 amide bonds. The van der Waals surface area contributed by atoms with Gasteiger partial charge in [0.05, 0.1) is 32.8 Å². The number of hydrogen-bond acceptors (Lipinski definition) is 6. The number of nitrogens with zero attached hydrogens (tertiary/aromatic N) is 3. The van der Waals surface area contributed by atoms with E-state index >= 15 is 0 Å². The number of benzene rings is 7. The van der Waals surface area contributed by atoms with E-state index in [4.69, 9.17) is 0 Å². The molecule has 6 N–H and O–H groups in total. The lowest BCUT2D eigenvalue weighted by Crippen LogP contribution is -1.99. The Balaban J connectivity index is 1.45. The molecule has 0 fully saturated rings. The highest BCUT2D eigenvalue weighted by Crippen LogP contribution is 2.58. The smallest absolute Gasteiger partial charge is 0.188 e. The largest absolute Gasteiger partial charge is 0.505 e. The first-order chi connectivity index (χ1) is 24.9. The molecule has 0 aliphatic rings. The zero-order valence-corrected chi connectivity index (χ0v) is 26.6. The minimum absolute atomic E-state index is 0.0455. The highest BCUT2D eigenvalue weighted by molar-refractivity contribution is 6.23. The van der Waals surface area contributed by atoms with Crippen molar-refractivity contribution in [3.63, 3.8) is 0 Å². The molecule has 10 aromatic rings. The Hall–Kier alpha value is -7.26. The summed E-state index contributed by atoms with van der Waals surface area (Å²) in [5, 5.41) is 76.1. The van der Waals surface area contributed by atoms with Crippen LogP contribution < -0.4 is 0 Å². The van der Waals surface area contributed by atoms with Crippen molar-refractivity contribution < 1.29 is 30.6 Å². The maximum absolute atomic E-state index is 12.5. The maximum Gasteiger partial charge on any atom is 0.188 e. The van der Waals surface area contributed by atoms with Crippen LogP contribution in [0.2, 0.25) is 0 Å². The molecule has 9 nitrogen and oxygen atoms in total. The Labute approximate surface area is 288 Å². The summed E-state index contributed by atoms with van der Waals surface area (Å²) in [6.07, 6.45) is 0. The molecule has 9 heteroatoms. The second-order valence-electron chi connectivity index (χ2n) is 12.6. The minimum Gasteiger partial charge on any atom is -0.505 e. The van der Waals surface area contributed by atoms with Crippen LogP contribution in [0.1, 0.15) is 0 Å². The molecule has 3 aromatic heterocycles. The van der Waals surface area contributed by atoms with Crippen LogP contribution in [0, 0.1) is 0 Å². The third kappa shape index (κ3) is 3.58. The molecule has 51 heavy (non-hydrogen) atoms. The molecule has 0 bridgehead atoms. The summed E-state index contributed by atoms with van der Waals surface area (Å²) in [6.45, 7) is 0. The van der Waals surface area contributed by atoms with Gasteiger partial charge < -0.3 is 44.3 Å². The fourth-order valence-electron chi connectivity index (χ4n) is 7.98. The number of para-hydroxylation sites is 5. The van der Waals surface area contributed by atoms with Crippen molar-refractivity contribution in [1.29, 1.82) is 0 Å². The van der Waals surface area contributed by atoms with Crippen LogP contribution in [0.3, 0.4) is 0 Å². The normalized spacial score (nSPS) is 12.0. The van der Waals surface area contributed by atoms with E-state index in [1.54, 1.807) is 39.5 Å². The van der Waals surface area contributed by atoms with E-state index in [0.29, 0.717) is 27.8 Å². The van der Waals surface area contributed by atoms with Crippen LogP contribution in [-0.4, -0.2) is 44.3 Å². The Morgan fingerprint density at radius 3 is 0.961 bits per heavy atom. The lowest BCUT2D eigenvalue weighted by Gasteiger charge is -2.16. The monoisotopic (exact) mass is 669 g/mol. The van der Waals surface area contributed by atoms with Gasteiger partial charge in [0.2, 0.25) is 0 Å². The molecule has 0 aliphatic heterocycles. The van der Waals surface area contributed by atoms with Gasteiger partial charge in [-0.2, -0.15) is 0 Å². The van der Waals surface area contributed by atoms with Gasteiger partial charge in [0.1, 0.15) is 22.4 Å². The molecular weight excluding hydrogens is 642 g/mol. The fraction of sp³-hybridized carbons (Fsp3) is 0. The predicted octanol–water partition coefficient (Wildman–Crippen LogP) is 9.21. The summed E-state index contributed by atoms with van der Waals surface area (Å²) >= 11 is 0. The first-order valence-electron chi connectivity index (χ1n) is 16.3. The third-order valence-corrected chi connectivity index (χ3v) is 10.1. The first kappa shape index (κ1) is 28.7. The van der Waals surface area contributed by atoms with Gasteiger partial charge >= 0.3 is 0 Å². The van der Waals surface area contributed by atoms with Crippen molar-refractivity contribution in [1.82, 2.24) is 13.7 Å². The molecule has 0 atom stereocenters. The van der Waals surface area contributed by atoms with Crippen LogP contribution in [0.15, 0.2) is 127 Å². The number of hydrogen-bond donors (Lipinski definition) is 6. The highest BCUT2D eigenvalue weighted by atomic mass is 16.3. The molecule has 0 saturated carbocycles. The third-order valence-electron chi connectivity index (χ3n) is 10.1. The molecule has 0 radical (unpaired) electrons. The number of phenolic OH excluding ortho intramolecular Hbond substituents is 6. The van der Waals surface area contributed by atoms with Gasteiger partial charge in [0, 0.05) is 27.2 Å². The van der Waals surface area contributed by atoms with E-state index in [9.17, 15) is 30.6 Å². The first-order valence-corrected chi connectivity index (χ1v) is 16.3. The van der Waals surface area contributed by atoms with E-state index in [1.165, 1.54) is 4.57 Å². The molecule has 0 unspecified atom stereocenters. The minimum atomic E-state index is -0.614. The number of fused-ring (bicyclic) bond motifs is 9. The lowest BCUT2D eigenvalue weighted by atomic mass is 10.1. The van der Waals surface area contributed by atoms with Gasteiger partial charge in [-0.15, -0.1) is 0 Å². The van der Waals surface area contributed by atoms with Gasteiger partial charge in [-0.3, -0.25) is 0 Å². The summed E-state index contributed by atoms with van der Waals surface area (Å²) in [6, 6.07) is 38.8. The molecule has 246 valence electrons. The summed E-state index contributed by atoms with van der Waals surface area (Å²) < 4.78 is 4.76. The number of rotatable bonds is 3.